The summed E-state index contributed by atoms with van der Waals surface area (Å²) in [5.41, 5.74) is 13.1. The molecular formula is C35H37N11O8S. The molecule has 20 heteroatoms. The summed E-state index contributed by atoms with van der Waals surface area (Å²) in [6.07, 6.45) is 6.00. The number of fused-ring (bicyclic) bond motifs is 2. The lowest BCUT2D eigenvalue weighted by molar-refractivity contribution is 0.0965. The summed E-state index contributed by atoms with van der Waals surface area (Å²) >= 11 is 1.03. The number of aliphatic hydroxyl groups is 1. The highest BCUT2D eigenvalue weighted by atomic mass is 32.1. The van der Waals surface area contributed by atoms with E-state index in [9.17, 15) is 24.3 Å². The Morgan fingerprint density at radius 1 is 0.945 bits per heavy atom. The van der Waals surface area contributed by atoms with Gasteiger partial charge in [0, 0.05) is 45.5 Å². The molecule has 55 heavy (non-hydrogen) atoms. The van der Waals surface area contributed by atoms with Crippen molar-refractivity contribution in [3.8, 4) is 5.75 Å². The number of imidazole rings is 1. The third-order valence-electron chi connectivity index (χ3n) is 8.14. The third-order valence-corrected chi connectivity index (χ3v) is 9.11. The number of ether oxygens (including phenoxy) is 1. The zero-order valence-corrected chi connectivity index (χ0v) is 31.1. The van der Waals surface area contributed by atoms with Crippen LogP contribution < -0.4 is 26.3 Å². The number of benzene rings is 1. The molecule has 0 bridgehead atoms. The number of amides is 4. The van der Waals surface area contributed by atoms with Gasteiger partial charge in [-0.05, 0) is 25.0 Å². The van der Waals surface area contributed by atoms with Gasteiger partial charge in [-0.25, -0.2) is 24.9 Å². The van der Waals surface area contributed by atoms with Crippen LogP contribution in [0.15, 0.2) is 44.3 Å². The first-order valence-corrected chi connectivity index (χ1v) is 18.0. The summed E-state index contributed by atoms with van der Waals surface area (Å²) in [5.74, 6) is -1.67. The van der Waals surface area contributed by atoms with Crippen LogP contribution in [-0.4, -0.2) is 76.0 Å². The second-order valence-electron chi connectivity index (χ2n) is 12.0. The highest BCUT2D eigenvalue weighted by molar-refractivity contribution is 7.15. The van der Waals surface area contributed by atoms with Gasteiger partial charge in [0.1, 0.15) is 17.0 Å². The minimum absolute atomic E-state index is 0.0166. The van der Waals surface area contributed by atoms with Gasteiger partial charge in [-0.15, -0.1) is 0 Å². The van der Waals surface area contributed by atoms with E-state index in [2.05, 4.69) is 35.2 Å². The van der Waals surface area contributed by atoms with Crippen LogP contribution in [0.5, 0.6) is 5.75 Å². The molecule has 6 aromatic rings. The minimum Gasteiger partial charge on any atom is -0.491 e. The number of nitrogens with one attached hydrogen (secondary N) is 1. The summed E-state index contributed by atoms with van der Waals surface area (Å²) in [6.45, 7) is 7.20. The van der Waals surface area contributed by atoms with E-state index in [1.165, 1.54) is 18.3 Å². The van der Waals surface area contributed by atoms with E-state index >= 15 is 0 Å². The van der Waals surface area contributed by atoms with E-state index in [1.807, 2.05) is 13.8 Å². The number of primary amides is 2. The number of thiazole rings is 1. The summed E-state index contributed by atoms with van der Waals surface area (Å²) in [6, 6.07) is 2.96. The topological polar surface area (TPSA) is 275 Å². The molecule has 0 fully saturated rings. The van der Waals surface area contributed by atoms with Crippen molar-refractivity contribution in [1.29, 1.82) is 0 Å². The van der Waals surface area contributed by atoms with Crippen molar-refractivity contribution >= 4 is 62.4 Å². The number of rotatable bonds is 15. The first-order chi connectivity index (χ1) is 26.4. The van der Waals surface area contributed by atoms with Crippen molar-refractivity contribution in [2.24, 2.45) is 16.5 Å². The van der Waals surface area contributed by atoms with Crippen molar-refractivity contribution in [3.05, 3.63) is 81.2 Å². The molecule has 19 nitrogen and oxygen atoms in total. The molecule has 0 aliphatic rings. The van der Waals surface area contributed by atoms with Gasteiger partial charge in [-0.3, -0.25) is 29.1 Å². The van der Waals surface area contributed by atoms with E-state index in [4.69, 9.17) is 25.0 Å². The highest BCUT2D eigenvalue weighted by Gasteiger charge is 2.24. The molecule has 5 heterocycles. The monoisotopic (exact) mass is 771 g/mol. The van der Waals surface area contributed by atoms with E-state index in [0.717, 1.165) is 11.3 Å². The third kappa shape index (κ3) is 8.04. The van der Waals surface area contributed by atoms with Crippen molar-refractivity contribution < 1.29 is 37.9 Å². The van der Waals surface area contributed by atoms with Gasteiger partial charge in [-0.1, -0.05) is 37.3 Å². The number of nitrogens with two attached hydrogens (primary N) is 2. The Balaban J connectivity index is 1.41. The smallest absolute Gasteiger partial charge is 0.317 e. The van der Waals surface area contributed by atoms with Gasteiger partial charge in [-0.2, -0.15) is 4.99 Å². The van der Waals surface area contributed by atoms with Crippen LogP contribution in [0.25, 0.3) is 21.5 Å². The van der Waals surface area contributed by atoms with Crippen LogP contribution in [0.4, 0.5) is 5.95 Å². The zero-order chi connectivity index (χ0) is 39.4. The molecule has 0 aliphatic heterocycles. The Hall–Kier alpha value is -6.54. The lowest BCUT2D eigenvalue weighted by Crippen LogP contribution is -2.18. The van der Waals surface area contributed by atoms with Gasteiger partial charge in [0.2, 0.25) is 23.4 Å². The lowest BCUT2D eigenvalue weighted by Gasteiger charge is -2.12. The summed E-state index contributed by atoms with van der Waals surface area (Å²) < 4.78 is 20.4. The molecule has 286 valence electrons. The average Bonchev–Trinajstić information content (AvgIpc) is 3.92. The van der Waals surface area contributed by atoms with Gasteiger partial charge >= 0.3 is 5.91 Å². The second kappa shape index (κ2) is 16.2. The first kappa shape index (κ1) is 38.2. The summed E-state index contributed by atoms with van der Waals surface area (Å²) in [4.78, 5) is 77.7. The van der Waals surface area contributed by atoms with Crippen molar-refractivity contribution in [1.82, 2.24) is 34.1 Å². The first-order valence-electron chi connectivity index (χ1n) is 17.1. The van der Waals surface area contributed by atoms with Gasteiger partial charge in [0.05, 0.1) is 29.7 Å². The molecule has 6 N–H and O–H groups in total. The van der Waals surface area contributed by atoms with Crippen LogP contribution in [0, 0.1) is 13.8 Å². The molecule has 0 unspecified atom stereocenters. The number of carbonyl (C=O) groups is 4. The van der Waals surface area contributed by atoms with Crippen LogP contribution >= 0.6 is 11.3 Å². The summed E-state index contributed by atoms with van der Waals surface area (Å²) in [5, 5.41) is 12.2. The normalized spacial score (nSPS) is 12.0. The lowest BCUT2D eigenvalue weighted by atomic mass is 10.1. The molecule has 0 spiro atoms. The molecule has 1 aromatic carbocycles. The number of allylic oxidation sites excluding steroid dienone is 2. The van der Waals surface area contributed by atoms with Gasteiger partial charge < -0.3 is 34.7 Å². The van der Waals surface area contributed by atoms with Crippen LogP contribution in [0.2, 0.25) is 0 Å². The fourth-order valence-electron chi connectivity index (χ4n) is 5.64. The van der Waals surface area contributed by atoms with E-state index in [-0.39, 0.29) is 65.6 Å². The number of anilines is 1. The summed E-state index contributed by atoms with van der Waals surface area (Å²) in [7, 11) is 0. The number of carbonyl (C=O) groups excluding carboxylic acids is 4. The van der Waals surface area contributed by atoms with E-state index in [0.29, 0.717) is 63.9 Å². The van der Waals surface area contributed by atoms with Gasteiger partial charge in [0.15, 0.2) is 27.1 Å². The van der Waals surface area contributed by atoms with Crippen molar-refractivity contribution in [2.45, 2.75) is 60.0 Å². The number of oxazole rings is 2. The number of hydrogen-bond donors (Lipinski definition) is 4. The van der Waals surface area contributed by atoms with Crippen molar-refractivity contribution in [3.63, 3.8) is 0 Å². The number of nitrogens with zero attached hydrogens (tertiary/aromatic N) is 8. The number of aromatic nitrogens is 7. The predicted molar refractivity (Wildman–Crippen MR) is 198 cm³/mol. The molecule has 5 aromatic heterocycles. The zero-order valence-electron chi connectivity index (χ0n) is 30.3. The molecule has 6 rings (SSSR count). The molecule has 4 amide bonds. The predicted octanol–water partition coefficient (Wildman–Crippen LogP) is 2.77. The standard InChI is InChI=1S/C35H37N11O8S/c1-5-20-26(53-17(3)39-20)31(50)43-34-42-22-14-19(28(36)48)15-24(52-13-9-12-47)25(22)45(34)10-7-8-11-46-30-33(41-23(16-38-30)29(37)49)55-35(46)44-32(51)27-21(6-2)40-18(4)54-27/h7-8,14-16,47H,5-6,9-13H2,1-4H3,(H2,36,48)(H2,37,49)(H,42,43,50)/b8-7+,44-35-. The van der Waals surface area contributed by atoms with Crippen LogP contribution in [0.1, 0.15) is 85.4 Å². The maximum absolute atomic E-state index is 13.5. The fourth-order valence-corrected chi connectivity index (χ4v) is 6.61. The number of hydrogen-bond acceptors (Lipinski definition) is 14. The second-order valence-corrected chi connectivity index (χ2v) is 12.9. The maximum atomic E-state index is 13.5. The van der Waals surface area contributed by atoms with Crippen LogP contribution in [-0.2, 0) is 25.9 Å². The number of aryl methyl sites for hydroxylation is 4. The van der Waals surface area contributed by atoms with Crippen LogP contribution in [0.3, 0.4) is 0 Å². The maximum Gasteiger partial charge on any atom is 0.317 e. The van der Waals surface area contributed by atoms with E-state index < -0.39 is 23.6 Å². The Bertz CT molecular complexity index is 2560. The fraction of sp³-hybridized carbons (Fsp3) is 0.314. The van der Waals surface area contributed by atoms with Gasteiger partial charge in [0.25, 0.3) is 11.8 Å². The molecule has 0 saturated carbocycles. The van der Waals surface area contributed by atoms with Crippen molar-refractivity contribution in [2.75, 3.05) is 18.5 Å². The SMILES string of the molecule is CCc1nc(C)oc1C(=O)/N=c1\sc2nc(C(N)=O)cnc2n1C/C=C/Cn1c(NC(=O)c2oc(C)nc2CC)nc2cc(C(N)=O)cc(OCCCO)c21. The largest absolute Gasteiger partial charge is 0.491 e. The molecule has 0 atom stereocenters. The quantitative estimate of drug-likeness (QED) is 0.0865. The molecule has 0 radical (unpaired) electrons. The van der Waals surface area contributed by atoms with E-state index in [1.54, 1.807) is 35.1 Å². The molecule has 0 saturated heterocycles. The average molecular weight is 772 g/mol. The molecule has 0 aliphatic carbocycles. The Morgan fingerprint density at radius 3 is 2.27 bits per heavy atom. The Kier molecular flexibility index (Phi) is 11.3. The highest BCUT2D eigenvalue weighted by Crippen LogP contribution is 2.32. The Morgan fingerprint density at radius 2 is 1.62 bits per heavy atom. The Labute approximate surface area is 315 Å². The minimum atomic E-state index is -0.768. The number of aliphatic hydroxyl groups excluding tert-OH is 1. The molecular weight excluding hydrogens is 735 g/mol.